The summed E-state index contributed by atoms with van der Waals surface area (Å²) in [7, 11) is 0. The van der Waals surface area contributed by atoms with Crippen molar-refractivity contribution in [2.45, 2.75) is 0 Å². The highest BCUT2D eigenvalue weighted by atomic mass is 35.5. The normalized spacial score (nSPS) is 10.1. The van der Waals surface area contributed by atoms with E-state index in [0.29, 0.717) is 15.7 Å². The monoisotopic (exact) mass is 256 g/mol. The summed E-state index contributed by atoms with van der Waals surface area (Å²) < 4.78 is 18.3. The van der Waals surface area contributed by atoms with Crippen LogP contribution in [0.5, 0.6) is 10.8 Å². The van der Waals surface area contributed by atoms with Gasteiger partial charge in [-0.1, -0.05) is 22.9 Å². The number of rotatable bonds is 3. The number of carbonyl (C=O) groups is 1. The van der Waals surface area contributed by atoms with Crippen molar-refractivity contribution in [1.29, 1.82) is 0 Å². The second kappa shape index (κ2) is 4.63. The minimum absolute atomic E-state index is 0.00432. The van der Waals surface area contributed by atoms with Crippen LogP contribution in [0.2, 0.25) is 5.02 Å². The van der Waals surface area contributed by atoms with Gasteiger partial charge in [-0.2, -0.15) is 0 Å². The standard InChI is InChI=1S/C11H6ClFO2S/c12-9-5-7(1-3-10(9)13)15-11-4-2-8(6-14)16-11/h1-6H. The molecule has 0 N–H and O–H groups in total. The average molecular weight is 257 g/mol. The molecule has 5 heteroatoms. The van der Waals surface area contributed by atoms with E-state index in [1.54, 1.807) is 12.1 Å². The van der Waals surface area contributed by atoms with E-state index in [1.165, 1.54) is 29.5 Å². The number of ether oxygens (including phenoxy) is 1. The van der Waals surface area contributed by atoms with Crippen LogP contribution in [0, 0.1) is 5.82 Å². The SMILES string of the molecule is O=Cc1ccc(Oc2ccc(F)c(Cl)c2)s1. The zero-order chi connectivity index (χ0) is 11.5. The van der Waals surface area contributed by atoms with Crippen molar-refractivity contribution >= 4 is 29.2 Å². The van der Waals surface area contributed by atoms with Gasteiger partial charge in [0.15, 0.2) is 11.3 Å². The zero-order valence-electron chi connectivity index (χ0n) is 7.94. The fraction of sp³-hybridized carbons (Fsp3) is 0. The van der Waals surface area contributed by atoms with Crippen molar-refractivity contribution < 1.29 is 13.9 Å². The molecule has 2 rings (SSSR count). The molecule has 0 aliphatic carbocycles. The minimum atomic E-state index is -0.492. The van der Waals surface area contributed by atoms with Gasteiger partial charge in [-0.25, -0.2) is 4.39 Å². The molecule has 0 atom stereocenters. The Kier molecular flexibility index (Phi) is 3.22. The highest BCUT2D eigenvalue weighted by molar-refractivity contribution is 7.15. The second-order valence-corrected chi connectivity index (χ2v) is 4.44. The molecule has 0 fully saturated rings. The molecule has 0 bridgehead atoms. The van der Waals surface area contributed by atoms with Gasteiger partial charge in [-0.05, 0) is 24.3 Å². The number of benzene rings is 1. The Morgan fingerprint density at radius 1 is 1.31 bits per heavy atom. The third-order valence-corrected chi connectivity index (χ3v) is 3.01. The average Bonchev–Trinajstić information content (AvgIpc) is 2.71. The van der Waals surface area contributed by atoms with Crippen LogP contribution in [0.15, 0.2) is 30.3 Å². The van der Waals surface area contributed by atoms with Gasteiger partial charge in [-0.15, -0.1) is 0 Å². The summed E-state index contributed by atoms with van der Waals surface area (Å²) in [6.07, 6.45) is 0.745. The Morgan fingerprint density at radius 3 is 2.75 bits per heavy atom. The van der Waals surface area contributed by atoms with Gasteiger partial charge in [0, 0.05) is 6.07 Å². The van der Waals surface area contributed by atoms with Crippen molar-refractivity contribution in [3.05, 3.63) is 46.0 Å². The molecule has 1 heterocycles. The van der Waals surface area contributed by atoms with E-state index in [4.69, 9.17) is 16.3 Å². The molecule has 0 saturated carbocycles. The minimum Gasteiger partial charge on any atom is -0.447 e. The number of hydrogen-bond acceptors (Lipinski definition) is 3. The number of thiophene rings is 1. The van der Waals surface area contributed by atoms with Crippen LogP contribution in [0.1, 0.15) is 9.67 Å². The Bertz CT molecular complexity index is 524. The maximum absolute atomic E-state index is 12.9. The van der Waals surface area contributed by atoms with E-state index in [1.807, 2.05) is 0 Å². The maximum atomic E-state index is 12.9. The fourth-order valence-corrected chi connectivity index (χ4v) is 1.97. The van der Waals surface area contributed by atoms with Crippen molar-refractivity contribution in [3.8, 4) is 10.8 Å². The predicted octanol–water partition coefficient (Wildman–Crippen LogP) is 4.15. The van der Waals surface area contributed by atoms with Gasteiger partial charge in [0.25, 0.3) is 0 Å². The van der Waals surface area contributed by atoms with Crippen molar-refractivity contribution in [3.63, 3.8) is 0 Å². The molecule has 0 saturated heterocycles. The lowest BCUT2D eigenvalue weighted by atomic mass is 10.3. The topological polar surface area (TPSA) is 26.3 Å². The van der Waals surface area contributed by atoms with Crippen LogP contribution in [-0.4, -0.2) is 6.29 Å². The smallest absolute Gasteiger partial charge is 0.181 e. The number of hydrogen-bond donors (Lipinski definition) is 0. The largest absolute Gasteiger partial charge is 0.447 e. The molecular formula is C11H6ClFO2S. The van der Waals surface area contributed by atoms with Crippen molar-refractivity contribution in [2.75, 3.05) is 0 Å². The van der Waals surface area contributed by atoms with E-state index in [-0.39, 0.29) is 5.02 Å². The van der Waals surface area contributed by atoms with Crippen molar-refractivity contribution in [1.82, 2.24) is 0 Å². The molecule has 0 aliphatic rings. The molecule has 0 spiro atoms. The summed E-state index contributed by atoms with van der Waals surface area (Å²) in [5, 5.41) is 0.564. The summed E-state index contributed by atoms with van der Waals surface area (Å²) in [4.78, 5) is 11.0. The highest BCUT2D eigenvalue weighted by Gasteiger charge is 2.04. The zero-order valence-corrected chi connectivity index (χ0v) is 9.52. The van der Waals surface area contributed by atoms with E-state index >= 15 is 0 Å². The van der Waals surface area contributed by atoms with Gasteiger partial charge < -0.3 is 4.74 Å². The Hall–Kier alpha value is -1.39. The van der Waals surface area contributed by atoms with Gasteiger partial charge in [-0.3, -0.25) is 4.79 Å². The van der Waals surface area contributed by atoms with Gasteiger partial charge in [0.1, 0.15) is 11.6 Å². The molecule has 16 heavy (non-hydrogen) atoms. The van der Waals surface area contributed by atoms with E-state index in [9.17, 15) is 9.18 Å². The first-order valence-electron chi connectivity index (χ1n) is 4.37. The van der Waals surface area contributed by atoms with Crippen LogP contribution in [0.3, 0.4) is 0 Å². The lowest BCUT2D eigenvalue weighted by Gasteiger charge is -2.02. The quantitative estimate of drug-likeness (QED) is 0.772. The lowest BCUT2D eigenvalue weighted by Crippen LogP contribution is -1.82. The van der Waals surface area contributed by atoms with E-state index in [2.05, 4.69) is 0 Å². The fourth-order valence-electron chi connectivity index (χ4n) is 1.11. The predicted molar refractivity (Wildman–Crippen MR) is 61.2 cm³/mol. The Morgan fingerprint density at radius 2 is 2.12 bits per heavy atom. The highest BCUT2D eigenvalue weighted by Crippen LogP contribution is 2.30. The van der Waals surface area contributed by atoms with E-state index < -0.39 is 5.82 Å². The molecule has 0 radical (unpaired) electrons. The van der Waals surface area contributed by atoms with Crippen LogP contribution < -0.4 is 4.74 Å². The second-order valence-electron chi connectivity index (χ2n) is 2.95. The number of aldehydes is 1. The molecule has 0 aliphatic heterocycles. The van der Waals surface area contributed by atoms with Crippen molar-refractivity contribution in [2.24, 2.45) is 0 Å². The molecule has 0 amide bonds. The third-order valence-electron chi connectivity index (χ3n) is 1.83. The Labute approximate surface area is 100 Å². The Balaban J connectivity index is 2.20. The molecule has 1 aromatic carbocycles. The lowest BCUT2D eigenvalue weighted by molar-refractivity contribution is 0.112. The summed E-state index contributed by atoms with van der Waals surface area (Å²) >= 11 is 6.82. The molecule has 0 unspecified atom stereocenters. The van der Waals surface area contributed by atoms with Crippen LogP contribution in [-0.2, 0) is 0 Å². The summed E-state index contributed by atoms with van der Waals surface area (Å²) in [6.45, 7) is 0. The number of carbonyl (C=O) groups excluding carboxylic acids is 1. The van der Waals surface area contributed by atoms with Crippen LogP contribution >= 0.6 is 22.9 Å². The molecule has 82 valence electrons. The first kappa shape index (κ1) is 11.1. The van der Waals surface area contributed by atoms with E-state index in [0.717, 1.165) is 6.29 Å². The van der Waals surface area contributed by atoms with Gasteiger partial charge in [0.2, 0.25) is 0 Å². The maximum Gasteiger partial charge on any atom is 0.181 e. The summed E-state index contributed by atoms with van der Waals surface area (Å²) in [6, 6.07) is 7.41. The molecule has 2 aromatic rings. The van der Waals surface area contributed by atoms with Crippen LogP contribution in [0.25, 0.3) is 0 Å². The first-order chi connectivity index (χ1) is 7.69. The molecule has 1 aromatic heterocycles. The van der Waals surface area contributed by atoms with Crippen LogP contribution in [0.4, 0.5) is 4.39 Å². The van der Waals surface area contributed by atoms with Gasteiger partial charge >= 0.3 is 0 Å². The first-order valence-corrected chi connectivity index (χ1v) is 5.56. The third kappa shape index (κ3) is 2.40. The molecular weight excluding hydrogens is 251 g/mol. The summed E-state index contributed by atoms with van der Waals surface area (Å²) in [5.41, 5.74) is 0. The number of halogens is 2. The summed E-state index contributed by atoms with van der Waals surface area (Å²) in [5.74, 6) is -0.0560. The molecule has 2 nitrogen and oxygen atoms in total. The van der Waals surface area contributed by atoms with Gasteiger partial charge in [0.05, 0.1) is 9.90 Å².